The minimum Gasteiger partial charge on any atom is -0.337 e. The van der Waals surface area contributed by atoms with Crippen LogP contribution in [0.25, 0.3) is 0 Å². The first-order valence-electron chi connectivity index (χ1n) is 8.12. The zero-order valence-corrected chi connectivity index (χ0v) is 13.8. The maximum Gasteiger partial charge on any atom is 0.123 e. The smallest absolute Gasteiger partial charge is 0.123 e. The molecule has 0 aliphatic heterocycles. The molecule has 0 saturated carbocycles. The van der Waals surface area contributed by atoms with Crippen molar-refractivity contribution in [2.24, 2.45) is 0 Å². The molecule has 3 aromatic rings. The highest BCUT2D eigenvalue weighted by molar-refractivity contribution is 5.18. The number of aromatic nitrogens is 4. The van der Waals surface area contributed by atoms with Crippen LogP contribution in [0.2, 0.25) is 0 Å². The number of H-pyrrole nitrogens is 1. The molecule has 0 spiro atoms. The molecular weight excluding hydrogens is 305 g/mol. The van der Waals surface area contributed by atoms with Crippen molar-refractivity contribution in [1.29, 1.82) is 0 Å². The fourth-order valence-corrected chi connectivity index (χ4v) is 2.78. The number of halogens is 1. The predicted octanol–water partition coefficient (Wildman–Crippen LogP) is 3.15. The van der Waals surface area contributed by atoms with E-state index in [2.05, 4.69) is 24.6 Å². The van der Waals surface area contributed by atoms with Crippen LogP contribution in [-0.4, -0.2) is 31.2 Å². The van der Waals surface area contributed by atoms with Crippen LogP contribution >= 0.6 is 0 Å². The molecule has 0 bridgehead atoms. The first-order chi connectivity index (χ1) is 11.7. The van der Waals surface area contributed by atoms with Crippen LogP contribution in [0.15, 0.2) is 49.2 Å². The van der Waals surface area contributed by atoms with Gasteiger partial charge in [0.1, 0.15) is 5.82 Å². The van der Waals surface area contributed by atoms with Crippen LogP contribution in [0, 0.1) is 12.7 Å². The average molecular weight is 327 g/mol. The Balaban J connectivity index is 1.64. The number of aryl methyl sites for hydroxylation is 2. The van der Waals surface area contributed by atoms with Crippen LogP contribution < -0.4 is 0 Å². The summed E-state index contributed by atoms with van der Waals surface area (Å²) in [5.41, 5.74) is 3.24. The molecule has 0 atom stereocenters. The van der Waals surface area contributed by atoms with Crippen LogP contribution in [-0.2, 0) is 19.6 Å². The fourth-order valence-electron chi connectivity index (χ4n) is 2.78. The molecular formula is C18H22FN5. The fraction of sp³-hybridized carbons (Fsp3) is 0.333. The summed E-state index contributed by atoms with van der Waals surface area (Å²) in [5.74, 6) is -0.189. The van der Waals surface area contributed by atoms with Gasteiger partial charge >= 0.3 is 0 Å². The number of benzene rings is 1. The zero-order valence-electron chi connectivity index (χ0n) is 13.8. The third-order valence-electron chi connectivity index (χ3n) is 4.07. The molecule has 1 aromatic carbocycles. The standard InChI is InChI=1S/C18H22FN5/c1-15-17(11-21-22-15)13-24(8-3-7-23-9-6-20-14-23)12-16-4-2-5-18(19)10-16/h2,4-6,9-11,14H,3,7-8,12-13H2,1H3,(H,21,22). The lowest BCUT2D eigenvalue weighted by Gasteiger charge is -2.22. The van der Waals surface area contributed by atoms with Crippen molar-refractivity contribution in [3.63, 3.8) is 0 Å². The van der Waals surface area contributed by atoms with E-state index < -0.39 is 0 Å². The summed E-state index contributed by atoms with van der Waals surface area (Å²) in [4.78, 5) is 6.39. The van der Waals surface area contributed by atoms with Gasteiger partial charge in [0.05, 0.1) is 12.5 Å². The number of hydrogen-bond acceptors (Lipinski definition) is 3. The van der Waals surface area contributed by atoms with Gasteiger partial charge in [0.15, 0.2) is 0 Å². The largest absolute Gasteiger partial charge is 0.337 e. The second-order valence-corrected chi connectivity index (χ2v) is 6.01. The van der Waals surface area contributed by atoms with Gasteiger partial charge in [-0.3, -0.25) is 10.00 Å². The van der Waals surface area contributed by atoms with E-state index >= 15 is 0 Å². The lowest BCUT2D eigenvalue weighted by Crippen LogP contribution is -2.25. The zero-order chi connectivity index (χ0) is 16.8. The van der Waals surface area contributed by atoms with Crippen molar-refractivity contribution in [1.82, 2.24) is 24.6 Å². The predicted molar refractivity (Wildman–Crippen MR) is 90.7 cm³/mol. The summed E-state index contributed by atoms with van der Waals surface area (Å²) >= 11 is 0. The van der Waals surface area contributed by atoms with E-state index in [0.717, 1.165) is 37.3 Å². The summed E-state index contributed by atoms with van der Waals surface area (Å²) < 4.78 is 15.5. The van der Waals surface area contributed by atoms with Gasteiger partial charge in [0, 0.05) is 49.8 Å². The first-order valence-corrected chi connectivity index (χ1v) is 8.12. The molecule has 126 valence electrons. The van der Waals surface area contributed by atoms with Crippen molar-refractivity contribution in [2.75, 3.05) is 6.54 Å². The Kier molecular flexibility index (Phi) is 5.38. The minimum absolute atomic E-state index is 0.189. The van der Waals surface area contributed by atoms with E-state index in [9.17, 15) is 4.39 Å². The molecule has 0 aliphatic rings. The maximum atomic E-state index is 13.5. The van der Waals surface area contributed by atoms with Crippen LogP contribution in [0.1, 0.15) is 23.2 Å². The van der Waals surface area contributed by atoms with Gasteiger partial charge in [-0.25, -0.2) is 9.37 Å². The Morgan fingerprint density at radius 1 is 1.29 bits per heavy atom. The average Bonchev–Trinajstić information content (AvgIpc) is 3.20. The first kappa shape index (κ1) is 16.4. The number of aromatic amines is 1. The number of nitrogens with zero attached hydrogens (tertiary/aromatic N) is 4. The molecule has 0 unspecified atom stereocenters. The summed E-state index contributed by atoms with van der Waals surface area (Å²) in [6.07, 6.45) is 8.46. The molecule has 3 rings (SSSR count). The van der Waals surface area contributed by atoms with Gasteiger partial charge in [0.2, 0.25) is 0 Å². The lowest BCUT2D eigenvalue weighted by atomic mass is 10.1. The van der Waals surface area contributed by atoms with Gasteiger partial charge in [-0.15, -0.1) is 0 Å². The minimum atomic E-state index is -0.189. The third-order valence-corrected chi connectivity index (χ3v) is 4.07. The van der Waals surface area contributed by atoms with Crippen molar-refractivity contribution in [3.8, 4) is 0 Å². The van der Waals surface area contributed by atoms with Crippen molar-refractivity contribution in [3.05, 3.63) is 71.8 Å². The topological polar surface area (TPSA) is 49.7 Å². The molecule has 2 heterocycles. The second-order valence-electron chi connectivity index (χ2n) is 6.01. The Morgan fingerprint density at radius 2 is 2.21 bits per heavy atom. The summed E-state index contributed by atoms with van der Waals surface area (Å²) in [6, 6.07) is 6.81. The highest BCUT2D eigenvalue weighted by Crippen LogP contribution is 2.13. The van der Waals surface area contributed by atoms with Gasteiger partial charge in [-0.1, -0.05) is 12.1 Å². The van der Waals surface area contributed by atoms with E-state index in [1.807, 2.05) is 31.7 Å². The molecule has 1 N–H and O–H groups in total. The van der Waals surface area contributed by atoms with E-state index in [4.69, 9.17) is 0 Å². The monoisotopic (exact) mass is 327 g/mol. The molecule has 24 heavy (non-hydrogen) atoms. The second kappa shape index (κ2) is 7.88. The normalized spacial score (nSPS) is 11.3. The Labute approximate surface area is 141 Å². The quantitative estimate of drug-likeness (QED) is 0.691. The van der Waals surface area contributed by atoms with Gasteiger partial charge in [-0.2, -0.15) is 5.10 Å². The number of nitrogens with one attached hydrogen (secondary N) is 1. The molecule has 0 radical (unpaired) electrons. The van der Waals surface area contributed by atoms with Crippen molar-refractivity contribution < 1.29 is 4.39 Å². The highest BCUT2D eigenvalue weighted by atomic mass is 19.1. The molecule has 0 aliphatic carbocycles. The van der Waals surface area contributed by atoms with E-state index in [1.165, 1.54) is 11.6 Å². The number of hydrogen-bond donors (Lipinski definition) is 1. The van der Waals surface area contributed by atoms with Crippen molar-refractivity contribution >= 4 is 0 Å². The summed E-state index contributed by atoms with van der Waals surface area (Å²) in [7, 11) is 0. The SMILES string of the molecule is Cc1[nH]ncc1CN(CCCn1ccnc1)Cc1cccc(F)c1. The maximum absolute atomic E-state index is 13.5. The lowest BCUT2D eigenvalue weighted by molar-refractivity contribution is 0.248. The number of imidazole rings is 1. The Bertz CT molecular complexity index is 750. The molecule has 0 fully saturated rings. The van der Waals surface area contributed by atoms with Gasteiger partial charge in [0.25, 0.3) is 0 Å². The van der Waals surface area contributed by atoms with Gasteiger partial charge in [-0.05, 0) is 31.0 Å². The van der Waals surface area contributed by atoms with E-state index in [1.54, 1.807) is 18.3 Å². The summed E-state index contributed by atoms with van der Waals surface area (Å²) in [5, 5.41) is 7.07. The summed E-state index contributed by atoms with van der Waals surface area (Å²) in [6.45, 7) is 5.37. The molecule has 6 heteroatoms. The van der Waals surface area contributed by atoms with Gasteiger partial charge < -0.3 is 4.57 Å². The molecule has 2 aromatic heterocycles. The molecule has 0 saturated heterocycles. The highest BCUT2D eigenvalue weighted by Gasteiger charge is 2.10. The van der Waals surface area contributed by atoms with Crippen LogP contribution in [0.3, 0.4) is 0 Å². The van der Waals surface area contributed by atoms with Crippen LogP contribution in [0.4, 0.5) is 4.39 Å². The number of rotatable bonds is 8. The molecule has 0 amide bonds. The van der Waals surface area contributed by atoms with Crippen molar-refractivity contribution in [2.45, 2.75) is 33.0 Å². The van der Waals surface area contributed by atoms with E-state index in [-0.39, 0.29) is 5.82 Å². The Morgan fingerprint density at radius 3 is 2.92 bits per heavy atom. The third kappa shape index (κ3) is 4.52. The van der Waals surface area contributed by atoms with Crippen LogP contribution in [0.5, 0.6) is 0 Å². The van der Waals surface area contributed by atoms with E-state index in [0.29, 0.717) is 6.54 Å². The molecule has 5 nitrogen and oxygen atoms in total. The Hall–Kier alpha value is -2.47.